The number of aryl methyl sites for hydroxylation is 1. The van der Waals surface area contributed by atoms with E-state index in [1.165, 1.54) is 6.07 Å². The molecule has 1 aliphatic rings. The van der Waals surface area contributed by atoms with Crippen molar-refractivity contribution in [2.24, 2.45) is 0 Å². The van der Waals surface area contributed by atoms with Crippen molar-refractivity contribution in [2.45, 2.75) is 31.0 Å². The molecule has 0 fully saturated rings. The Morgan fingerprint density at radius 1 is 1.43 bits per heavy atom. The van der Waals surface area contributed by atoms with Gasteiger partial charge in [-0.15, -0.1) is 11.3 Å². The van der Waals surface area contributed by atoms with E-state index in [1.54, 1.807) is 6.92 Å². The van der Waals surface area contributed by atoms with E-state index >= 15 is 0 Å². The second-order valence-corrected chi connectivity index (χ2v) is 7.88. The van der Waals surface area contributed by atoms with Gasteiger partial charge in [-0.05, 0) is 19.4 Å². The van der Waals surface area contributed by atoms with Gasteiger partial charge in [0.1, 0.15) is 0 Å². The van der Waals surface area contributed by atoms with E-state index in [0.29, 0.717) is 9.75 Å². The number of halogens is 3. The summed E-state index contributed by atoms with van der Waals surface area (Å²) >= 11 is 1.16. The molecular formula is C12H14F3NO3S2. The number of nitrogens with zero attached hydrogens (tertiary/aromatic N) is 1. The van der Waals surface area contributed by atoms with Gasteiger partial charge in [-0.2, -0.15) is 17.5 Å². The minimum atomic E-state index is -4.40. The average Bonchev–Trinajstić information content (AvgIpc) is 2.80. The Balaban J connectivity index is 2.26. The molecule has 0 unspecified atom stereocenters. The fourth-order valence-electron chi connectivity index (χ4n) is 2.12. The highest BCUT2D eigenvalue weighted by atomic mass is 32.2. The number of hydrogen-bond acceptors (Lipinski definition) is 4. The maximum Gasteiger partial charge on any atom is 0.412 e. The number of hydrogen-bond donors (Lipinski definition) is 1. The van der Waals surface area contributed by atoms with Crippen molar-refractivity contribution in [3.63, 3.8) is 0 Å². The first-order valence-corrected chi connectivity index (χ1v) is 8.38. The topological polar surface area (TPSA) is 57.6 Å². The van der Waals surface area contributed by atoms with E-state index in [1.807, 2.05) is 0 Å². The van der Waals surface area contributed by atoms with E-state index < -0.39 is 21.8 Å². The van der Waals surface area contributed by atoms with Crippen molar-refractivity contribution in [1.82, 2.24) is 4.31 Å². The zero-order valence-corrected chi connectivity index (χ0v) is 12.8. The van der Waals surface area contributed by atoms with Crippen molar-refractivity contribution >= 4 is 21.4 Å². The van der Waals surface area contributed by atoms with Gasteiger partial charge in [-0.1, -0.05) is 6.08 Å². The molecule has 0 aromatic carbocycles. The largest absolute Gasteiger partial charge is 0.412 e. The zero-order valence-electron chi connectivity index (χ0n) is 11.1. The third kappa shape index (κ3) is 3.31. The molecule has 1 aromatic rings. The maximum atomic E-state index is 12.5. The number of aliphatic hydroxyl groups excluding tert-OH is 1. The molecule has 21 heavy (non-hydrogen) atoms. The first-order chi connectivity index (χ1) is 9.66. The van der Waals surface area contributed by atoms with Crippen LogP contribution in [-0.4, -0.2) is 37.1 Å². The van der Waals surface area contributed by atoms with Crippen LogP contribution >= 0.6 is 11.3 Å². The molecule has 0 bridgehead atoms. The molecule has 9 heteroatoms. The van der Waals surface area contributed by atoms with Crippen LogP contribution in [0.1, 0.15) is 16.2 Å². The summed E-state index contributed by atoms with van der Waals surface area (Å²) < 4.78 is 63.5. The third-order valence-electron chi connectivity index (χ3n) is 3.23. The van der Waals surface area contributed by atoms with Crippen LogP contribution in [-0.2, 0) is 16.6 Å². The molecule has 1 aliphatic heterocycles. The van der Waals surface area contributed by atoms with Gasteiger partial charge in [0, 0.05) is 28.4 Å². The van der Waals surface area contributed by atoms with Gasteiger partial charge in [-0.25, -0.2) is 8.42 Å². The molecule has 0 aliphatic carbocycles. The summed E-state index contributed by atoms with van der Waals surface area (Å²) in [6, 6.07) is 1.37. The predicted molar refractivity (Wildman–Crippen MR) is 72.5 cm³/mol. The summed E-state index contributed by atoms with van der Waals surface area (Å²) in [5, 5.41) is 9.04. The third-order valence-corrected chi connectivity index (χ3v) is 6.39. The van der Waals surface area contributed by atoms with E-state index in [2.05, 4.69) is 0 Å². The molecule has 118 valence electrons. The molecule has 0 saturated carbocycles. The van der Waals surface area contributed by atoms with Crippen molar-refractivity contribution in [3.8, 4) is 0 Å². The van der Waals surface area contributed by atoms with Crippen LogP contribution in [0.2, 0.25) is 0 Å². The van der Waals surface area contributed by atoms with Gasteiger partial charge in [0.2, 0.25) is 10.0 Å². The fourth-order valence-corrected chi connectivity index (χ4v) is 4.97. The molecule has 0 spiro atoms. The Labute approximate surface area is 124 Å². The van der Waals surface area contributed by atoms with Crippen LogP contribution in [0.4, 0.5) is 13.2 Å². The molecule has 2 heterocycles. The minimum Gasteiger partial charge on any atom is -0.391 e. The van der Waals surface area contributed by atoms with Crippen LogP contribution < -0.4 is 0 Å². The number of rotatable bonds is 3. The number of aliphatic hydroxyl groups is 1. The SMILES string of the molecule is Cc1sc(CO)cc1S(=O)(=O)N1CC=C(C(F)(F)F)CC1. The lowest BCUT2D eigenvalue weighted by Crippen LogP contribution is -2.36. The molecule has 2 rings (SSSR count). The van der Waals surface area contributed by atoms with E-state index in [9.17, 15) is 21.6 Å². The first kappa shape index (κ1) is 16.5. The molecule has 4 nitrogen and oxygen atoms in total. The van der Waals surface area contributed by atoms with Crippen molar-refractivity contribution in [2.75, 3.05) is 13.1 Å². The number of sulfonamides is 1. The lowest BCUT2D eigenvalue weighted by atomic mass is 10.1. The molecule has 0 radical (unpaired) electrons. The van der Waals surface area contributed by atoms with Crippen molar-refractivity contribution in [1.29, 1.82) is 0 Å². The molecule has 0 atom stereocenters. The molecule has 1 N–H and O–H groups in total. The molecular weight excluding hydrogens is 327 g/mol. The Morgan fingerprint density at radius 2 is 2.10 bits per heavy atom. The maximum absolute atomic E-state index is 12.5. The second kappa shape index (κ2) is 5.71. The van der Waals surface area contributed by atoms with Crippen LogP contribution in [0.25, 0.3) is 0 Å². The Morgan fingerprint density at radius 3 is 2.52 bits per heavy atom. The van der Waals surface area contributed by atoms with Gasteiger partial charge < -0.3 is 5.11 Å². The van der Waals surface area contributed by atoms with Gasteiger partial charge >= 0.3 is 6.18 Å². The van der Waals surface area contributed by atoms with Crippen LogP contribution in [0.15, 0.2) is 22.6 Å². The predicted octanol–water partition coefficient (Wildman–Crippen LogP) is 2.43. The fraction of sp³-hybridized carbons (Fsp3) is 0.500. The van der Waals surface area contributed by atoms with Crippen LogP contribution in [0.5, 0.6) is 0 Å². The lowest BCUT2D eigenvalue weighted by Gasteiger charge is -2.26. The molecule has 0 amide bonds. The summed E-state index contributed by atoms with van der Waals surface area (Å²) in [5.74, 6) is 0. The van der Waals surface area contributed by atoms with Gasteiger partial charge in [-0.3, -0.25) is 0 Å². The van der Waals surface area contributed by atoms with Crippen LogP contribution in [0.3, 0.4) is 0 Å². The standard InChI is InChI=1S/C12H14F3NO3S2/c1-8-11(6-10(7-17)20-8)21(18,19)16-4-2-9(3-5-16)12(13,14)15/h2,6,17H,3-5,7H2,1H3. The summed E-state index contributed by atoms with van der Waals surface area (Å²) in [6.45, 7) is 0.856. The smallest absolute Gasteiger partial charge is 0.391 e. The summed E-state index contributed by atoms with van der Waals surface area (Å²) in [5.41, 5.74) is -0.688. The van der Waals surface area contributed by atoms with Gasteiger partial charge in [0.15, 0.2) is 0 Å². The van der Waals surface area contributed by atoms with E-state index in [4.69, 9.17) is 5.11 Å². The number of alkyl halides is 3. The molecule has 1 aromatic heterocycles. The van der Waals surface area contributed by atoms with Crippen LogP contribution in [0, 0.1) is 6.92 Å². The summed E-state index contributed by atoms with van der Waals surface area (Å²) in [4.78, 5) is 1.08. The highest BCUT2D eigenvalue weighted by molar-refractivity contribution is 7.89. The second-order valence-electron chi connectivity index (χ2n) is 4.63. The molecule has 0 saturated heterocycles. The quantitative estimate of drug-likeness (QED) is 0.859. The van der Waals surface area contributed by atoms with Gasteiger partial charge in [0.25, 0.3) is 0 Å². The highest BCUT2D eigenvalue weighted by Gasteiger charge is 2.37. The summed E-state index contributed by atoms with van der Waals surface area (Å²) in [6.07, 6.45) is -3.84. The summed E-state index contributed by atoms with van der Waals surface area (Å²) in [7, 11) is -3.83. The lowest BCUT2D eigenvalue weighted by molar-refractivity contribution is -0.0953. The monoisotopic (exact) mass is 341 g/mol. The number of thiophene rings is 1. The van der Waals surface area contributed by atoms with Crippen molar-refractivity contribution in [3.05, 3.63) is 27.5 Å². The Hall–Kier alpha value is -0.900. The highest BCUT2D eigenvalue weighted by Crippen LogP contribution is 2.33. The van der Waals surface area contributed by atoms with E-state index in [-0.39, 0.29) is 31.0 Å². The Bertz CT molecular complexity index is 662. The first-order valence-electron chi connectivity index (χ1n) is 6.13. The zero-order chi connectivity index (χ0) is 15.8. The average molecular weight is 341 g/mol. The van der Waals surface area contributed by atoms with Crippen molar-refractivity contribution < 1.29 is 26.7 Å². The minimum absolute atomic E-state index is 0.0559. The normalized spacial score (nSPS) is 17.9. The van der Waals surface area contributed by atoms with E-state index in [0.717, 1.165) is 21.7 Å². The van der Waals surface area contributed by atoms with Gasteiger partial charge in [0.05, 0.1) is 11.5 Å². The Kier molecular flexibility index (Phi) is 4.48.